The molecule has 2 heterocycles. The highest BCUT2D eigenvalue weighted by atomic mass is 16.6. The zero-order chi connectivity index (χ0) is 23.8. The molecule has 0 bridgehead atoms. The Bertz CT molecular complexity index is 1220. The minimum Gasteiger partial charge on any atom is -0.392 e. The van der Waals surface area contributed by atoms with Gasteiger partial charge in [0, 0.05) is 31.3 Å². The van der Waals surface area contributed by atoms with E-state index in [0.717, 1.165) is 29.8 Å². The molecule has 5 rings (SSSR count). The van der Waals surface area contributed by atoms with E-state index < -0.39 is 6.09 Å². The van der Waals surface area contributed by atoms with Crippen molar-refractivity contribution in [3.05, 3.63) is 71.4 Å². The Labute approximate surface area is 199 Å². The van der Waals surface area contributed by atoms with Crippen molar-refractivity contribution in [2.75, 3.05) is 13.1 Å². The maximum absolute atomic E-state index is 13.7. The lowest BCUT2D eigenvalue weighted by Crippen LogP contribution is -2.46. The van der Waals surface area contributed by atoms with E-state index >= 15 is 0 Å². The second kappa shape index (κ2) is 8.97. The number of aryl methyl sites for hydroxylation is 3. The summed E-state index contributed by atoms with van der Waals surface area (Å²) >= 11 is 0. The Hall–Kier alpha value is -3.61. The number of fused-ring (bicyclic) bond motifs is 1. The van der Waals surface area contributed by atoms with Gasteiger partial charge in [0.1, 0.15) is 0 Å². The molecular weight excluding hydrogens is 428 g/mol. The molecule has 34 heavy (non-hydrogen) atoms. The second-order valence-corrected chi connectivity index (χ2v) is 9.31. The smallest absolute Gasteiger partial charge is 0.392 e. The van der Waals surface area contributed by atoms with Gasteiger partial charge in [-0.1, -0.05) is 48.0 Å². The van der Waals surface area contributed by atoms with Crippen molar-refractivity contribution in [1.82, 2.24) is 20.0 Å². The van der Waals surface area contributed by atoms with Gasteiger partial charge in [-0.15, -0.1) is 0 Å². The third-order valence-electron chi connectivity index (χ3n) is 6.90. The number of carbonyl (C=O) groups excluding carboxylic acids is 2. The zero-order valence-corrected chi connectivity index (χ0v) is 19.8. The number of hydrogen-bond donors (Lipinski definition) is 1. The number of nitrogens with zero attached hydrogens (tertiary/aromatic N) is 3. The van der Waals surface area contributed by atoms with E-state index in [1.165, 1.54) is 5.56 Å². The maximum atomic E-state index is 13.7. The van der Waals surface area contributed by atoms with Crippen LogP contribution in [-0.4, -0.2) is 45.8 Å². The van der Waals surface area contributed by atoms with Crippen molar-refractivity contribution in [2.45, 2.75) is 39.8 Å². The topological polar surface area (TPSA) is 76.5 Å². The van der Waals surface area contributed by atoms with Crippen LogP contribution in [0.3, 0.4) is 0 Å². The number of carbonyl (C=O) groups is 2. The fraction of sp³-hybridized carbons (Fsp3) is 0.370. The van der Waals surface area contributed by atoms with E-state index in [0.29, 0.717) is 36.4 Å². The number of piperidine rings is 1. The summed E-state index contributed by atoms with van der Waals surface area (Å²) < 4.78 is 7.13. The number of hydrogen-bond acceptors (Lipinski definition) is 4. The summed E-state index contributed by atoms with van der Waals surface area (Å²) in [6, 6.07) is 17.7. The van der Waals surface area contributed by atoms with Gasteiger partial charge in [-0.05, 0) is 56.2 Å². The molecule has 176 valence electrons. The van der Waals surface area contributed by atoms with Gasteiger partial charge in [0.15, 0.2) is 0 Å². The van der Waals surface area contributed by atoms with Crippen molar-refractivity contribution in [3.63, 3.8) is 0 Å². The Morgan fingerprint density at radius 3 is 2.65 bits per heavy atom. The minimum absolute atomic E-state index is 0.0169. The van der Waals surface area contributed by atoms with Gasteiger partial charge in [0.05, 0.1) is 11.7 Å². The molecule has 0 radical (unpaired) electrons. The van der Waals surface area contributed by atoms with E-state index in [2.05, 4.69) is 41.6 Å². The quantitative estimate of drug-likeness (QED) is 0.593. The summed E-state index contributed by atoms with van der Waals surface area (Å²) in [7, 11) is 0. The highest BCUT2D eigenvalue weighted by molar-refractivity contribution is 6.01. The Kier molecular flexibility index (Phi) is 5.86. The first-order valence-electron chi connectivity index (χ1n) is 11.9. The largest absolute Gasteiger partial charge is 0.414 e. The third kappa shape index (κ3) is 4.30. The molecular formula is C27H30N4O3. The number of rotatable bonds is 6. The lowest BCUT2D eigenvalue weighted by atomic mass is 9.97. The van der Waals surface area contributed by atoms with Crippen LogP contribution < -0.4 is 10.1 Å². The number of nitrogens with one attached hydrogen (secondary N) is 1. The second-order valence-electron chi connectivity index (χ2n) is 9.31. The van der Waals surface area contributed by atoms with Gasteiger partial charge >= 0.3 is 6.09 Å². The fourth-order valence-electron chi connectivity index (χ4n) is 5.03. The number of amides is 2. The summed E-state index contributed by atoms with van der Waals surface area (Å²) in [5.74, 6) is 1.39. The first-order chi connectivity index (χ1) is 16.4. The molecule has 0 unspecified atom stereocenters. The lowest BCUT2D eigenvalue weighted by molar-refractivity contribution is 0.0705. The van der Waals surface area contributed by atoms with Gasteiger partial charge in [-0.25, -0.2) is 9.48 Å². The van der Waals surface area contributed by atoms with Crippen molar-refractivity contribution in [1.29, 1.82) is 0 Å². The molecule has 1 saturated heterocycles. The van der Waals surface area contributed by atoms with Crippen LogP contribution in [0, 0.1) is 25.7 Å². The Morgan fingerprint density at radius 1 is 1.12 bits per heavy atom. The van der Waals surface area contributed by atoms with Crippen molar-refractivity contribution in [2.24, 2.45) is 11.8 Å². The molecule has 1 N–H and O–H groups in total. The van der Waals surface area contributed by atoms with Crippen LogP contribution in [0.25, 0.3) is 11.1 Å². The number of benzene rings is 2. The monoisotopic (exact) mass is 458 g/mol. The third-order valence-corrected chi connectivity index (χ3v) is 6.90. The molecule has 7 heteroatoms. The van der Waals surface area contributed by atoms with Crippen LogP contribution >= 0.6 is 0 Å². The highest BCUT2D eigenvalue weighted by Crippen LogP contribution is 2.50. The van der Waals surface area contributed by atoms with E-state index in [-0.39, 0.29) is 11.9 Å². The Balaban J connectivity index is 1.30. The highest BCUT2D eigenvalue weighted by Gasteiger charge is 2.54. The molecule has 3 aromatic rings. The predicted octanol–water partition coefficient (Wildman–Crippen LogP) is 4.44. The van der Waals surface area contributed by atoms with Crippen LogP contribution in [0.1, 0.15) is 35.0 Å². The SMILES string of the molecule is CCn1nc(C)cc1OC(=O)NC[C@@H]1[C@H]2C[C@H]2CN1C(=O)c1ccccc1-c1ccc(C)cc1. The van der Waals surface area contributed by atoms with Crippen LogP contribution in [-0.2, 0) is 6.54 Å². The standard InChI is InChI=1S/C27H30N4O3/c1-4-31-25(13-18(3)29-31)34-27(33)28-15-24-23-14-20(23)16-30(24)26(32)22-8-6-5-7-21(22)19-11-9-17(2)10-12-19/h5-13,20,23-24H,4,14-16H2,1-3H3,(H,28,33)/t20-,23-,24+/m0/s1. The van der Waals surface area contributed by atoms with Crippen molar-refractivity contribution in [3.8, 4) is 17.0 Å². The molecule has 2 fully saturated rings. The minimum atomic E-state index is -0.522. The molecule has 2 amide bonds. The van der Waals surface area contributed by atoms with Crippen LogP contribution in [0.5, 0.6) is 5.88 Å². The molecule has 7 nitrogen and oxygen atoms in total. The first-order valence-corrected chi connectivity index (χ1v) is 11.9. The number of aromatic nitrogens is 2. The van der Waals surface area contributed by atoms with Crippen LogP contribution in [0.4, 0.5) is 4.79 Å². The average Bonchev–Trinajstić information content (AvgIpc) is 3.38. The Morgan fingerprint density at radius 2 is 1.88 bits per heavy atom. The normalized spacial score (nSPS) is 20.7. The van der Waals surface area contributed by atoms with Gasteiger partial charge in [-0.3, -0.25) is 4.79 Å². The summed E-state index contributed by atoms with van der Waals surface area (Å²) in [5.41, 5.74) is 4.64. The van der Waals surface area contributed by atoms with Crippen LogP contribution in [0.15, 0.2) is 54.6 Å². The van der Waals surface area contributed by atoms with E-state index in [4.69, 9.17) is 4.74 Å². The van der Waals surface area contributed by atoms with Gasteiger partial charge < -0.3 is 15.0 Å². The average molecular weight is 459 g/mol. The van der Waals surface area contributed by atoms with Gasteiger partial charge in [0.2, 0.25) is 5.88 Å². The molecule has 3 atom stereocenters. The molecule has 1 aliphatic carbocycles. The molecule has 1 saturated carbocycles. The predicted molar refractivity (Wildman–Crippen MR) is 130 cm³/mol. The van der Waals surface area contributed by atoms with Crippen molar-refractivity contribution < 1.29 is 14.3 Å². The molecule has 1 aromatic heterocycles. The van der Waals surface area contributed by atoms with Gasteiger partial charge in [-0.2, -0.15) is 5.10 Å². The van der Waals surface area contributed by atoms with E-state index in [1.54, 1.807) is 10.7 Å². The summed E-state index contributed by atoms with van der Waals surface area (Å²) in [5, 5.41) is 7.19. The van der Waals surface area contributed by atoms with Crippen LogP contribution in [0.2, 0.25) is 0 Å². The summed E-state index contributed by atoms with van der Waals surface area (Å²) in [6.07, 6.45) is 0.582. The van der Waals surface area contributed by atoms with Gasteiger partial charge in [0.25, 0.3) is 5.91 Å². The van der Waals surface area contributed by atoms with E-state index in [9.17, 15) is 9.59 Å². The van der Waals surface area contributed by atoms with Crippen molar-refractivity contribution >= 4 is 12.0 Å². The lowest BCUT2D eigenvalue weighted by Gasteiger charge is -2.28. The molecule has 2 aromatic carbocycles. The zero-order valence-electron chi connectivity index (χ0n) is 19.8. The molecule has 0 spiro atoms. The fourth-order valence-corrected chi connectivity index (χ4v) is 5.03. The summed E-state index contributed by atoms with van der Waals surface area (Å²) in [4.78, 5) is 28.1. The molecule has 2 aliphatic rings. The first kappa shape index (κ1) is 22.2. The summed E-state index contributed by atoms with van der Waals surface area (Å²) in [6.45, 7) is 7.58. The number of ether oxygens (including phenoxy) is 1. The number of likely N-dealkylation sites (tertiary alicyclic amines) is 1. The maximum Gasteiger partial charge on any atom is 0.414 e. The molecule has 1 aliphatic heterocycles. The van der Waals surface area contributed by atoms with E-state index in [1.807, 2.05) is 43.0 Å².